The number of carbonyl (C=O) groups is 2. The fourth-order valence-electron chi connectivity index (χ4n) is 2.50. The van der Waals surface area contributed by atoms with Gasteiger partial charge >= 0.3 is 6.18 Å². The summed E-state index contributed by atoms with van der Waals surface area (Å²) in [5.74, 6) is -1.24. The standard InChI is InChI=1S/C15H17BrF3N3O2/c16-12-3-1-10(2-4-12)13(23)20-21-14(24)11-5-7-22(8-6-11)9-15(17,18)19/h1-4,11H,5-9H2,(H,20,23)(H,21,24). The van der Waals surface area contributed by atoms with Crippen molar-refractivity contribution in [1.82, 2.24) is 15.8 Å². The number of piperidine rings is 1. The monoisotopic (exact) mass is 407 g/mol. The minimum atomic E-state index is -4.23. The molecule has 1 aromatic rings. The first kappa shape index (κ1) is 18.7. The van der Waals surface area contributed by atoms with Crippen LogP contribution in [0.25, 0.3) is 0 Å². The Bertz CT molecular complexity index is 585. The van der Waals surface area contributed by atoms with Gasteiger partial charge in [0.25, 0.3) is 5.91 Å². The van der Waals surface area contributed by atoms with Crippen molar-refractivity contribution >= 4 is 27.7 Å². The highest BCUT2D eigenvalue weighted by atomic mass is 79.9. The zero-order valence-electron chi connectivity index (χ0n) is 12.7. The Morgan fingerprint density at radius 2 is 1.71 bits per heavy atom. The van der Waals surface area contributed by atoms with E-state index in [2.05, 4.69) is 26.8 Å². The van der Waals surface area contributed by atoms with Gasteiger partial charge in [-0.1, -0.05) is 15.9 Å². The van der Waals surface area contributed by atoms with E-state index in [-0.39, 0.29) is 19.0 Å². The second-order valence-electron chi connectivity index (χ2n) is 5.62. The molecule has 5 nitrogen and oxygen atoms in total. The molecule has 0 aromatic heterocycles. The largest absolute Gasteiger partial charge is 0.401 e. The number of rotatable bonds is 3. The maximum atomic E-state index is 12.3. The molecule has 2 rings (SSSR count). The Hall–Kier alpha value is -1.61. The molecule has 0 radical (unpaired) electrons. The van der Waals surface area contributed by atoms with E-state index in [0.717, 1.165) is 4.47 Å². The minimum Gasteiger partial charge on any atom is -0.295 e. The van der Waals surface area contributed by atoms with Crippen LogP contribution in [-0.4, -0.2) is 42.5 Å². The van der Waals surface area contributed by atoms with Crippen LogP contribution < -0.4 is 10.9 Å². The lowest BCUT2D eigenvalue weighted by Crippen LogP contribution is -2.48. The van der Waals surface area contributed by atoms with Gasteiger partial charge in [0.05, 0.1) is 6.54 Å². The van der Waals surface area contributed by atoms with Crippen molar-refractivity contribution in [2.75, 3.05) is 19.6 Å². The number of hydrogen-bond acceptors (Lipinski definition) is 3. The molecule has 1 fully saturated rings. The summed E-state index contributed by atoms with van der Waals surface area (Å²) in [6.07, 6.45) is -3.57. The molecule has 24 heavy (non-hydrogen) atoms. The number of likely N-dealkylation sites (tertiary alicyclic amines) is 1. The number of nitrogens with one attached hydrogen (secondary N) is 2. The molecule has 1 saturated heterocycles. The van der Waals surface area contributed by atoms with Crippen LogP contribution in [0, 0.1) is 5.92 Å². The Labute approximate surface area is 145 Å². The van der Waals surface area contributed by atoms with Crippen LogP contribution in [0.5, 0.6) is 0 Å². The van der Waals surface area contributed by atoms with Crippen molar-refractivity contribution in [3.63, 3.8) is 0 Å². The quantitative estimate of drug-likeness (QED) is 0.756. The maximum Gasteiger partial charge on any atom is 0.401 e. The minimum absolute atomic E-state index is 0.207. The van der Waals surface area contributed by atoms with E-state index in [1.165, 1.54) is 4.90 Å². The van der Waals surface area contributed by atoms with E-state index in [9.17, 15) is 22.8 Å². The first-order chi connectivity index (χ1) is 11.2. The maximum absolute atomic E-state index is 12.3. The van der Waals surface area contributed by atoms with Gasteiger partial charge < -0.3 is 0 Å². The first-order valence-electron chi connectivity index (χ1n) is 7.39. The number of benzene rings is 1. The van der Waals surface area contributed by atoms with Gasteiger partial charge in [0.15, 0.2) is 0 Å². The number of amides is 2. The number of nitrogens with zero attached hydrogens (tertiary/aromatic N) is 1. The van der Waals surface area contributed by atoms with E-state index in [1.54, 1.807) is 24.3 Å². The predicted octanol–water partition coefficient (Wildman–Crippen LogP) is 2.48. The number of halogens is 4. The van der Waals surface area contributed by atoms with E-state index in [0.29, 0.717) is 18.4 Å². The van der Waals surface area contributed by atoms with Gasteiger partial charge in [-0.2, -0.15) is 13.2 Å². The number of carbonyl (C=O) groups excluding carboxylic acids is 2. The van der Waals surface area contributed by atoms with Crippen LogP contribution in [0.4, 0.5) is 13.2 Å². The third-order valence-corrected chi connectivity index (χ3v) is 4.30. The topological polar surface area (TPSA) is 61.4 Å². The average molecular weight is 408 g/mol. The second-order valence-corrected chi connectivity index (χ2v) is 6.53. The molecule has 9 heteroatoms. The molecule has 0 saturated carbocycles. The summed E-state index contributed by atoms with van der Waals surface area (Å²) < 4.78 is 37.8. The average Bonchev–Trinajstić information content (AvgIpc) is 2.52. The lowest BCUT2D eigenvalue weighted by Gasteiger charge is -2.31. The van der Waals surface area contributed by atoms with Crippen LogP contribution >= 0.6 is 15.9 Å². The normalized spacial score (nSPS) is 16.7. The fraction of sp³-hybridized carbons (Fsp3) is 0.467. The molecule has 0 aliphatic carbocycles. The highest BCUT2D eigenvalue weighted by Crippen LogP contribution is 2.22. The van der Waals surface area contributed by atoms with E-state index in [4.69, 9.17) is 0 Å². The molecular weight excluding hydrogens is 391 g/mol. The van der Waals surface area contributed by atoms with Gasteiger partial charge in [-0.15, -0.1) is 0 Å². The number of hydrazine groups is 1. The fourth-order valence-corrected chi connectivity index (χ4v) is 2.77. The number of alkyl halides is 3. The lowest BCUT2D eigenvalue weighted by atomic mass is 9.96. The second kappa shape index (κ2) is 7.98. The highest BCUT2D eigenvalue weighted by molar-refractivity contribution is 9.10. The van der Waals surface area contributed by atoms with Crippen LogP contribution in [-0.2, 0) is 4.79 Å². The van der Waals surface area contributed by atoms with Gasteiger partial charge in [0.2, 0.25) is 5.91 Å². The molecule has 0 unspecified atom stereocenters. The van der Waals surface area contributed by atoms with Gasteiger partial charge in [0.1, 0.15) is 0 Å². The molecule has 1 aliphatic rings. The molecule has 0 spiro atoms. The van der Waals surface area contributed by atoms with E-state index < -0.39 is 24.5 Å². The molecule has 1 aliphatic heterocycles. The van der Waals surface area contributed by atoms with Crippen LogP contribution in [0.2, 0.25) is 0 Å². The van der Waals surface area contributed by atoms with Crippen molar-refractivity contribution in [3.8, 4) is 0 Å². The molecular formula is C15H17BrF3N3O2. The molecule has 132 valence electrons. The molecule has 1 aromatic carbocycles. The summed E-state index contributed by atoms with van der Waals surface area (Å²) in [4.78, 5) is 25.2. The lowest BCUT2D eigenvalue weighted by molar-refractivity contribution is -0.149. The van der Waals surface area contributed by atoms with Crippen LogP contribution in [0.1, 0.15) is 23.2 Å². The molecule has 0 bridgehead atoms. The van der Waals surface area contributed by atoms with Gasteiger partial charge in [-0.3, -0.25) is 25.3 Å². The summed E-state index contributed by atoms with van der Waals surface area (Å²) in [6.45, 7) is -0.543. The predicted molar refractivity (Wildman–Crippen MR) is 85.0 cm³/mol. The molecule has 1 heterocycles. The molecule has 2 N–H and O–H groups in total. The van der Waals surface area contributed by atoms with Crippen molar-refractivity contribution in [3.05, 3.63) is 34.3 Å². The SMILES string of the molecule is O=C(NNC(=O)C1CCN(CC(F)(F)F)CC1)c1ccc(Br)cc1. The number of hydrogen-bond donors (Lipinski definition) is 2. The molecule has 2 amide bonds. The Balaban J connectivity index is 1.75. The first-order valence-corrected chi connectivity index (χ1v) is 8.19. The van der Waals surface area contributed by atoms with Crippen LogP contribution in [0.15, 0.2) is 28.7 Å². The third kappa shape index (κ3) is 5.79. The van der Waals surface area contributed by atoms with E-state index >= 15 is 0 Å². The smallest absolute Gasteiger partial charge is 0.295 e. The van der Waals surface area contributed by atoms with Crippen molar-refractivity contribution < 1.29 is 22.8 Å². The Morgan fingerprint density at radius 3 is 2.25 bits per heavy atom. The Kier molecular flexibility index (Phi) is 6.22. The summed E-state index contributed by atoms with van der Waals surface area (Å²) in [5, 5.41) is 0. The van der Waals surface area contributed by atoms with Gasteiger partial charge in [0, 0.05) is 16.0 Å². The summed E-state index contributed by atoms with van der Waals surface area (Å²) in [6, 6.07) is 6.60. The zero-order valence-corrected chi connectivity index (χ0v) is 14.3. The summed E-state index contributed by atoms with van der Waals surface area (Å²) in [7, 11) is 0. The van der Waals surface area contributed by atoms with Crippen molar-refractivity contribution in [2.24, 2.45) is 5.92 Å². The Morgan fingerprint density at radius 1 is 1.12 bits per heavy atom. The summed E-state index contributed by atoms with van der Waals surface area (Å²) >= 11 is 3.26. The molecule has 0 atom stereocenters. The van der Waals surface area contributed by atoms with Crippen molar-refractivity contribution in [2.45, 2.75) is 19.0 Å². The highest BCUT2D eigenvalue weighted by Gasteiger charge is 2.33. The van der Waals surface area contributed by atoms with Gasteiger partial charge in [-0.25, -0.2) is 0 Å². The zero-order chi connectivity index (χ0) is 17.7. The van der Waals surface area contributed by atoms with Crippen LogP contribution in [0.3, 0.4) is 0 Å². The van der Waals surface area contributed by atoms with Crippen molar-refractivity contribution in [1.29, 1.82) is 0 Å². The van der Waals surface area contributed by atoms with Gasteiger partial charge in [-0.05, 0) is 50.2 Å². The summed E-state index contributed by atoms with van der Waals surface area (Å²) in [5.41, 5.74) is 5.04. The third-order valence-electron chi connectivity index (χ3n) is 3.77. The van der Waals surface area contributed by atoms with E-state index in [1.807, 2.05) is 0 Å².